The Morgan fingerprint density at radius 3 is 2.77 bits per heavy atom. The van der Waals surface area contributed by atoms with Crippen LogP contribution < -0.4 is 10.2 Å². The molecule has 156 valence electrons. The monoisotopic (exact) mass is 435 g/mol. The van der Waals surface area contributed by atoms with Crippen LogP contribution >= 0.6 is 11.6 Å². The van der Waals surface area contributed by atoms with Crippen LogP contribution in [0.2, 0.25) is 5.02 Å². The number of benzene rings is 2. The first-order valence-corrected chi connectivity index (χ1v) is 9.76. The topological polar surface area (TPSA) is 61.8 Å². The van der Waals surface area contributed by atoms with Crippen LogP contribution in [-0.2, 0) is 15.8 Å². The van der Waals surface area contributed by atoms with Crippen LogP contribution in [0.25, 0.3) is 0 Å². The van der Waals surface area contributed by atoms with E-state index in [2.05, 4.69) is 10.3 Å². The van der Waals surface area contributed by atoms with Gasteiger partial charge in [-0.25, -0.2) is 0 Å². The van der Waals surface area contributed by atoms with E-state index >= 15 is 0 Å². The van der Waals surface area contributed by atoms with Crippen LogP contribution in [-0.4, -0.2) is 24.1 Å². The molecule has 0 bridgehead atoms. The first kappa shape index (κ1) is 20.4. The molecule has 1 N–H and O–H groups in total. The van der Waals surface area contributed by atoms with Crippen molar-refractivity contribution in [2.45, 2.75) is 25.4 Å². The number of alkyl halides is 3. The third kappa shape index (κ3) is 3.92. The minimum atomic E-state index is -4.66. The molecule has 0 radical (unpaired) electrons. The molecule has 4 rings (SSSR count). The molecule has 2 amide bonds. The van der Waals surface area contributed by atoms with Gasteiger partial charge in [0, 0.05) is 10.7 Å². The summed E-state index contributed by atoms with van der Waals surface area (Å²) in [6.07, 6.45) is -2.49. The molecule has 0 saturated heterocycles. The van der Waals surface area contributed by atoms with Gasteiger partial charge in [-0.1, -0.05) is 23.7 Å². The number of carbonyl (C=O) groups is 2. The zero-order valence-electron chi connectivity index (χ0n) is 15.7. The Kier molecular flexibility index (Phi) is 5.27. The Morgan fingerprint density at radius 2 is 2.00 bits per heavy atom. The van der Waals surface area contributed by atoms with Gasteiger partial charge in [-0.15, -0.1) is 0 Å². The Labute approximate surface area is 175 Å². The van der Waals surface area contributed by atoms with E-state index in [1.54, 1.807) is 24.3 Å². The number of hydrogen-bond acceptors (Lipinski definition) is 3. The van der Waals surface area contributed by atoms with Gasteiger partial charge in [-0.05, 0) is 49.6 Å². The van der Waals surface area contributed by atoms with Crippen molar-refractivity contribution in [2.24, 2.45) is 10.9 Å². The lowest BCUT2D eigenvalue weighted by Gasteiger charge is -2.24. The largest absolute Gasteiger partial charge is 0.418 e. The lowest BCUT2D eigenvalue weighted by Crippen LogP contribution is -2.42. The molecule has 30 heavy (non-hydrogen) atoms. The van der Waals surface area contributed by atoms with Crippen molar-refractivity contribution in [3.63, 3.8) is 0 Å². The van der Waals surface area contributed by atoms with Crippen LogP contribution in [0.15, 0.2) is 47.5 Å². The zero-order chi connectivity index (χ0) is 21.5. The summed E-state index contributed by atoms with van der Waals surface area (Å²) >= 11 is 5.82. The molecule has 1 unspecified atom stereocenters. The van der Waals surface area contributed by atoms with Gasteiger partial charge in [0.2, 0.25) is 11.8 Å². The first-order chi connectivity index (χ1) is 14.2. The fourth-order valence-electron chi connectivity index (χ4n) is 3.84. The van der Waals surface area contributed by atoms with Gasteiger partial charge in [-0.3, -0.25) is 14.6 Å². The second kappa shape index (κ2) is 7.75. The van der Waals surface area contributed by atoms with Gasteiger partial charge >= 0.3 is 6.18 Å². The van der Waals surface area contributed by atoms with Crippen molar-refractivity contribution in [3.8, 4) is 0 Å². The maximum Gasteiger partial charge on any atom is 0.418 e. The second-order valence-electron chi connectivity index (χ2n) is 7.20. The molecule has 1 saturated carbocycles. The van der Waals surface area contributed by atoms with Gasteiger partial charge in [0.05, 0.1) is 28.5 Å². The van der Waals surface area contributed by atoms with Crippen molar-refractivity contribution in [2.75, 3.05) is 16.8 Å². The maximum absolute atomic E-state index is 13.3. The van der Waals surface area contributed by atoms with Crippen LogP contribution in [0, 0.1) is 5.92 Å². The molecule has 2 aliphatic rings. The fourth-order valence-corrected chi connectivity index (χ4v) is 4.01. The van der Waals surface area contributed by atoms with Gasteiger partial charge in [-0.2, -0.15) is 13.2 Å². The minimum absolute atomic E-state index is 0.0542. The van der Waals surface area contributed by atoms with Crippen LogP contribution in [0.3, 0.4) is 0 Å². The van der Waals surface area contributed by atoms with Crippen LogP contribution in [0.5, 0.6) is 0 Å². The number of halogens is 4. The van der Waals surface area contributed by atoms with E-state index in [4.69, 9.17) is 11.6 Å². The number of nitrogens with one attached hydrogen (secondary N) is 1. The quantitative estimate of drug-likeness (QED) is 0.718. The second-order valence-corrected chi connectivity index (χ2v) is 7.63. The normalized spacial score (nSPS) is 18.4. The molecule has 1 atom stereocenters. The van der Waals surface area contributed by atoms with Crippen molar-refractivity contribution in [1.29, 1.82) is 0 Å². The molecule has 0 aromatic heterocycles. The molecule has 2 aromatic rings. The number of hydrogen-bond donors (Lipinski definition) is 1. The van der Waals surface area contributed by atoms with Crippen LogP contribution in [0.1, 0.15) is 24.8 Å². The molecule has 1 heterocycles. The maximum atomic E-state index is 13.3. The van der Waals surface area contributed by atoms with Crippen LogP contribution in [0.4, 0.5) is 30.2 Å². The number of rotatable bonds is 3. The predicted octanol–water partition coefficient (Wildman–Crippen LogP) is 5.22. The van der Waals surface area contributed by atoms with E-state index in [0.29, 0.717) is 24.2 Å². The summed E-state index contributed by atoms with van der Waals surface area (Å²) in [5.41, 5.74) is 0.348. The molecule has 1 fully saturated rings. The Bertz CT molecular complexity index is 1050. The molecule has 1 aliphatic heterocycles. The number of para-hydroxylation sites is 2. The molecule has 2 aromatic carbocycles. The molecule has 9 heteroatoms. The molecular weight excluding hydrogens is 419 g/mol. The van der Waals surface area contributed by atoms with Crippen molar-refractivity contribution in [3.05, 3.63) is 53.1 Å². The SMILES string of the molecule is O=C(CN1C(=O)C2CCCC2=Nc2ccccc21)Nc1cc(Cl)ccc1C(F)(F)F. The summed E-state index contributed by atoms with van der Waals surface area (Å²) in [6.45, 7) is -0.432. The average Bonchev–Trinajstić information content (AvgIpc) is 3.09. The number of aliphatic imine (C=N–C) groups is 1. The van der Waals surface area contributed by atoms with Gasteiger partial charge in [0.15, 0.2) is 0 Å². The highest BCUT2D eigenvalue weighted by Gasteiger charge is 2.38. The zero-order valence-corrected chi connectivity index (χ0v) is 16.4. The average molecular weight is 436 g/mol. The summed E-state index contributed by atoms with van der Waals surface area (Å²) in [4.78, 5) is 31.7. The number of carbonyl (C=O) groups excluding carboxylic acids is 2. The summed E-state index contributed by atoms with van der Waals surface area (Å²) in [7, 11) is 0. The summed E-state index contributed by atoms with van der Waals surface area (Å²) < 4.78 is 39.8. The number of fused-ring (bicyclic) bond motifs is 2. The highest BCUT2D eigenvalue weighted by atomic mass is 35.5. The predicted molar refractivity (Wildman–Crippen MR) is 108 cm³/mol. The van der Waals surface area contributed by atoms with E-state index in [9.17, 15) is 22.8 Å². The third-order valence-electron chi connectivity index (χ3n) is 5.19. The molecular formula is C21H17ClF3N3O2. The van der Waals surface area contributed by atoms with Gasteiger partial charge < -0.3 is 10.2 Å². The van der Waals surface area contributed by atoms with Crippen molar-refractivity contribution < 1.29 is 22.8 Å². The fraction of sp³-hybridized carbons (Fsp3) is 0.286. The van der Waals surface area contributed by atoms with Crippen molar-refractivity contribution >= 4 is 46.2 Å². The third-order valence-corrected chi connectivity index (χ3v) is 5.43. The first-order valence-electron chi connectivity index (χ1n) is 9.38. The molecule has 0 spiro atoms. The van der Waals surface area contributed by atoms with E-state index in [0.717, 1.165) is 30.3 Å². The highest BCUT2D eigenvalue weighted by molar-refractivity contribution is 6.31. The lowest BCUT2D eigenvalue weighted by molar-refractivity contribution is -0.137. The van der Waals surface area contributed by atoms with E-state index in [-0.39, 0.29) is 10.9 Å². The Morgan fingerprint density at radius 1 is 1.23 bits per heavy atom. The highest BCUT2D eigenvalue weighted by Crippen LogP contribution is 2.39. The molecule has 1 aliphatic carbocycles. The van der Waals surface area contributed by atoms with E-state index < -0.39 is 35.8 Å². The molecule has 5 nitrogen and oxygen atoms in total. The van der Waals surface area contributed by atoms with Gasteiger partial charge in [0.1, 0.15) is 6.54 Å². The van der Waals surface area contributed by atoms with E-state index in [1.165, 1.54) is 4.90 Å². The Balaban J connectivity index is 1.63. The summed E-state index contributed by atoms with van der Waals surface area (Å²) in [5.74, 6) is -1.44. The minimum Gasteiger partial charge on any atom is -0.324 e. The summed E-state index contributed by atoms with van der Waals surface area (Å²) in [5, 5.41) is 2.32. The Hall–Kier alpha value is -2.87. The number of anilines is 2. The van der Waals surface area contributed by atoms with E-state index in [1.807, 2.05) is 0 Å². The number of nitrogens with zero attached hydrogens (tertiary/aromatic N) is 2. The van der Waals surface area contributed by atoms with Gasteiger partial charge in [0.25, 0.3) is 0 Å². The lowest BCUT2D eigenvalue weighted by atomic mass is 10.1. The van der Waals surface area contributed by atoms with Crippen molar-refractivity contribution in [1.82, 2.24) is 0 Å². The smallest absolute Gasteiger partial charge is 0.324 e. The standard InChI is InChI=1S/C21H17ClF3N3O2/c22-12-8-9-14(21(23,24)25)17(10-12)27-19(29)11-28-18-7-2-1-5-16(18)26-15-6-3-4-13(15)20(28)30/h1-2,5,7-10,13H,3-4,6,11H2,(H,27,29). The number of amides is 2. The summed E-state index contributed by atoms with van der Waals surface area (Å²) in [6, 6.07) is 9.88.